The molecule has 0 aliphatic heterocycles. The van der Waals surface area contributed by atoms with Crippen molar-refractivity contribution >= 4 is 11.9 Å². The maximum Gasteiger partial charge on any atom is 0.305 e. The zero-order valence-corrected chi connectivity index (χ0v) is 46.6. The molecule has 0 radical (unpaired) electrons. The molecule has 408 valence electrons. The van der Waals surface area contributed by atoms with E-state index in [0.717, 1.165) is 51.4 Å². The van der Waals surface area contributed by atoms with Gasteiger partial charge in [-0.1, -0.05) is 295 Å². The molecule has 3 N–H and O–H groups in total. The SMILES string of the molecule is CCCCC/C=C\C/C=C\CCCCCCCC(=O)OCCCCCCCCCCCCCCCCCCCCCCCCCCC(=O)NC(CO)C(O)CCCCCCCCCCCCCCC. The first-order valence-corrected chi connectivity index (χ1v) is 31.1. The smallest absolute Gasteiger partial charge is 0.305 e. The summed E-state index contributed by atoms with van der Waals surface area (Å²) in [5, 5.41) is 23.3. The molecule has 0 aliphatic rings. The predicted octanol–water partition coefficient (Wildman–Crippen LogP) is 19.4. The van der Waals surface area contributed by atoms with E-state index in [4.69, 9.17) is 4.74 Å². The fraction of sp³-hybridized carbons (Fsp3) is 0.905. The van der Waals surface area contributed by atoms with Crippen molar-refractivity contribution in [3.8, 4) is 0 Å². The summed E-state index contributed by atoms with van der Waals surface area (Å²) in [4.78, 5) is 24.5. The Labute approximate surface area is 431 Å². The van der Waals surface area contributed by atoms with E-state index in [2.05, 4.69) is 43.5 Å². The highest BCUT2D eigenvalue weighted by Gasteiger charge is 2.20. The van der Waals surface area contributed by atoms with E-state index in [0.29, 0.717) is 25.9 Å². The van der Waals surface area contributed by atoms with Gasteiger partial charge in [0, 0.05) is 12.8 Å². The lowest BCUT2D eigenvalue weighted by atomic mass is 10.0. The van der Waals surface area contributed by atoms with Gasteiger partial charge in [-0.2, -0.15) is 0 Å². The van der Waals surface area contributed by atoms with Gasteiger partial charge in [-0.25, -0.2) is 0 Å². The molecule has 2 atom stereocenters. The number of carbonyl (C=O) groups excluding carboxylic acids is 2. The van der Waals surface area contributed by atoms with Crippen LogP contribution in [0.2, 0.25) is 0 Å². The van der Waals surface area contributed by atoms with Crippen LogP contribution < -0.4 is 5.32 Å². The highest BCUT2D eigenvalue weighted by atomic mass is 16.5. The number of rotatable bonds is 58. The molecule has 0 bridgehead atoms. The Hall–Kier alpha value is -1.66. The predicted molar refractivity (Wildman–Crippen MR) is 301 cm³/mol. The third-order valence-corrected chi connectivity index (χ3v) is 14.5. The Morgan fingerprint density at radius 2 is 0.725 bits per heavy atom. The molecule has 0 spiro atoms. The van der Waals surface area contributed by atoms with Crippen LogP contribution in [0.4, 0.5) is 0 Å². The molecule has 0 aromatic heterocycles. The first kappa shape index (κ1) is 67.3. The van der Waals surface area contributed by atoms with Crippen molar-refractivity contribution in [3.05, 3.63) is 24.3 Å². The van der Waals surface area contributed by atoms with Crippen LogP contribution in [-0.2, 0) is 14.3 Å². The molecule has 0 aromatic rings. The number of allylic oxidation sites excluding steroid dienone is 4. The molecule has 0 aliphatic carbocycles. The number of aliphatic hydroxyl groups excluding tert-OH is 2. The fourth-order valence-corrected chi connectivity index (χ4v) is 9.73. The largest absolute Gasteiger partial charge is 0.466 e. The van der Waals surface area contributed by atoms with Gasteiger partial charge in [-0.15, -0.1) is 0 Å². The maximum absolute atomic E-state index is 12.5. The van der Waals surface area contributed by atoms with Crippen LogP contribution in [0.1, 0.15) is 341 Å². The van der Waals surface area contributed by atoms with Crippen molar-refractivity contribution in [1.82, 2.24) is 5.32 Å². The van der Waals surface area contributed by atoms with Crippen LogP contribution in [0.15, 0.2) is 24.3 Å². The van der Waals surface area contributed by atoms with Gasteiger partial charge in [0.2, 0.25) is 5.91 Å². The summed E-state index contributed by atoms with van der Waals surface area (Å²) in [6.45, 7) is 4.93. The standard InChI is InChI=1S/C63H121NO5/c1-3-5-7-9-11-13-15-17-28-33-37-41-45-49-53-57-63(68)69-58-54-50-46-42-38-34-30-27-25-23-21-19-18-20-22-24-26-29-32-36-40-44-48-52-56-62(67)64-60(59-65)61(66)55-51-47-43-39-35-31-16-14-12-10-8-6-4-2/h11,13,17,28,60-61,65-66H,3-10,12,14-16,18-27,29-59H2,1-2H3,(H,64,67)/b13-11-,28-17-. The number of aliphatic hydroxyl groups is 2. The summed E-state index contributed by atoms with van der Waals surface area (Å²) in [6.07, 6.45) is 71.9. The van der Waals surface area contributed by atoms with Crippen LogP contribution >= 0.6 is 0 Å². The maximum atomic E-state index is 12.5. The number of carbonyl (C=O) groups is 2. The lowest BCUT2D eigenvalue weighted by molar-refractivity contribution is -0.143. The van der Waals surface area contributed by atoms with Gasteiger partial charge in [0.1, 0.15) is 0 Å². The Balaban J connectivity index is 3.36. The van der Waals surface area contributed by atoms with Crippen LogP contribution in [0.5, 0.6) is 0 Å². The molecule has 0 aromatic carbocycles. The average molecular weight is 973 g/mol. The van der Waals surface area contributed by atoms with Crippen LogP contribution in [0, 0.1) is 0 Å². The van der Waals surface area contributed by atoms with Crippen LogP contribution in [-0.4, -0.2) is 47.4 Å². The van der Waals surface area contributed by atoms with Crippen molar-refractivity contribution in [2.24, 2.45) is 0 Å². The van der Waals surface area contributed by atoms with E-state index in [1.54, 1.807) is 0 Å². The summed E-state index contributed by atoms with van der Waals surface area (Å²) in [5.41, 5.74) is 0. The molecular weight excluding hydrogens is 851 g/mol. The number of amides is 1. The Kier molecular flexibility index (Phi) is 57.5. The van der Waals surface area contributed by atoms with E-state index < -0.39 is 12.1 Å². The van der Waals surface area contributed by atoms with E-state index in [1.807, 2.05) is 0 Å². The van der Waals surface area contributed by atoms with Crippen LogP contribution in [0.25, 0.3) is 0 Å². The zero-order valence-electron chi connectivity index (χ0n) is 46.6. The van der Waals surface area contributed by atoms with Crippen molar-refractivity contribution in [1.29, 1.82) is 0 Å². The monoisotopic (exact) mass is 972 g/mol. The van der Waals surface area contributed by atoms with E-state index in [9.17, 15) is 19.8 Å². The number of ether oxygens (including phenoxy) is 1. The molecule has 0 rings (SSSR count). The topological polar surface area (TPSA) is 95.9 Å². The van der Waals surface area contributed by atoms with Crippen LogP contribution in [0.3, 0.4) is 0 Å². The summed E-state index contributed by atoms with van der Waals surface area (Å²) in [5.74, 6) is -0.0310. The lowest BCUT2D eigenvalue weighted by Gasteiger charge is -2.22. The molecule has 0 heterocycles. The molecular formula is C63H121NO5. The lowest BCUT2D eigenvalue weighted by Crippen LogP contribution is -2.45. The highest BCUT2D eigenvalue weighted by Crippen LogP contribution is 2.18. The van der Waals surface area contributed by atoms with Gasteiger partial charge < -0.3 is 20.3 Å². The number of hydrogen-bond donors (Lipinski definition) is 3. The van der Waals surface area contributed by atoms with Crippen molar-refractivity contribution in [3.63, 3.8) is 0 Å². The van der Waals surface area contributed by atoms with Gasteiger partial charge in [-0.05, 0) is 57.8 Å². The Morgan fingerprint density at radius 3 is 1.13 bits per heavy atom. The molecule has 6 nitrogen and oxygen atoms in total. The summed E-state index contributed by atoms with van der Waals surface area (Å²) in [7, 11) is 0. The quantitative estimate of drug-likeness (QED) is 0.0321. The molecule has 1 amide bonds. The number of unbranched alkanes of at least 4 members (excludes halogenated alkanes) is 43. The Bertz CT molecular complexity index is 1080. The van der Waals surface area contributed by atoms with E-state index >= 15 is 0 Å². The highest BCUT2D eigenvalue weighted by molar-refractivity contribution is 5.76. The van der Waals surface area contributed by atoms with Gasteiger partial charge in [0.25, 0.3) is 0 Å². The second-order valence-corrected chi connectivity index (χ2v) is 21.4. The van der Waals surface area contributed by atoms with E-state index in [-0.39, 0.29) is 18.5 Å². The summed E-state index contributed by atoms with van der Waals surface area (Å²) >= 11 is 0. The summed E-state index contributed by atoms with van der Waals surface area (Å²) < 4.78 is 5.48. The van der Waals surface area contributed by atoms with Gasteiger partial charge >= 0.3 is 5.97 Å². The molecule has 0 saturated carbocycles. The van der Waals surface area contributed by atoms with Crippen molar-refractivity contribution in [2.75, 3.05) is 13.2 Å². The minimum absolute atomic E-state index is 0.00173. The minimum atomic E-state index is -0.662. The molecule has 0 saturated heterocycles. The minimum Gasteiger partial charge on any atom is -0.466 e. The normalized spacial score (nSPS) is 12.7. The van der Waals surface area contributed by atoms with E-state index in [1.165, 1.54) is 257 Å². The number of nitrogens with one attached hydrogen (secondary N) is 1. The molecule has 6 heteroatoms. The van der Waals surface area contributed by atoms with Crippen molar-refractivity contribution < 1.29 is 24.5 Å². The van der Waals surface area contributed by atoms with Gasteiger partial charge in [-0.3, -0.25) is 9.59 Å². The average Bonchev–Trinajstić information content (AvgIpc) is 3.35. The molecule has 0 fully saturated rings. The summed E-state index contributed by atoms with van der Waals surface area (Å²) in [6, 6.07) is -0.539. The second-order valence-electron chi connectivity index (χ2n) is 21.4. The third kappa shape index (κ3) is 55.5. The van der Waals surface area contributed by atoms with Gasteiger partial charge in [0.05, 0.1) is 25.4 Å². The van der Waals surface area contributed by atoms with Gasteiger partial charge in [0.15, 0.2) is 0 Å². The number of hydrogen-bond acceptors (Lipinski definition) is 5. The number of esters is 1. The second kappa shape index (κ2) is 58.9. The Morgan fingerprint density at radius 1 is 0.406 bits per heavy atom. The first-order chi connectivity index (χ1) is 34.0. The zero-order chi connectivity index (χ0) is 50.0. The van der Waals surface area contributed by atoms with Crippen molar-refractivity contribution in [2.45, 2.75) is 353 Å². The fourth-order valence-electron chi connectivity index (χ4n) is 9.73. The molecule has 69 heavy (non-hydrogen) atoms. The first-order valence-electron chi connectivity index (χ1n) is 31.1. The third-order valence-electron chi connectivity index (χ3n) is 14.5. The molecule has 2 unspecified atom stereocenters.